The van der Waals surface area contributed by atoms with E-state index in [9.17, 15) is 14.4 Å². The lowest BCUT2D eigenvalue weighted by Crippen LogP contribution is -2.60. The molecule has 1 saturated heterocycles. The second-order valence-corrected chi connectivity index (χ2v) is 11.7. The van der Waals surface area contributed by atoms with Gasteiger partial charge in [0, 0.05) is 24.4 Å². The summed E-state index contributed by atoms with van der Waals surface area (Å²) >= 11 is 1.48. The van der Waals surface area contributed by atoms with E-state index in [0.29, 0.717) is 18.9 Å². The summed E-state index contributed by atoms with van der Waals surface area (Å²) in [5.74, 6) is 3.26. The van der Waals surface area contributed by atoms with Crippen LogP contribution in [0, 0.1) is 29.6 Å². The van der Waals surface area contributed by atoms with Gasteiger partial charge < -0.3 is 5.32 Å². The van der Waals surface area contributed by atoms with Gasteiger partial charge in [0.2, 0.25) is 17.7 Å². The minimum Gasteiger partial charge on any atom is -0.350 e. The van der Waals surface area contributed by atoms with Crippen LogP contribution in [0.2, 0.25) is 0 Å². The molecule has 0 aromatic carbocycles. The number of imide groups is 1. The fraction of sp³-hybridized carbons (Fsp3) is 0.870. The summed E-state index contributed by atoms with van der Waals surface area (Å²) in [7, 11) is 0. The van der Waals surface area contributed by atoms with E-state index in [1.54, 1.807) is 0 Å². The quantitative estimate of drug-likeness (QED) is 0.695. The molecule has 160 valence electrons. The third kappa shape index (κ3) is 3.75. The van der Waals surface area contributed by atoms with Crippen molar-refractivity contribution in [3.8, 4) is 0 Å². The van der Waals surface area contributed by atoms with Crippen LogP contribution in [0.5, 0.6) is 0 Å². The fourth-order valence-electron chi connectivity index (χ4n) is 7.52. The third-order valence-corrected chi connectivity index (χ3v) is 9.51. The van der Waals surface area contributed by atoms with Crippen LogP contribution in [0.1, 0.15) is 70.6 Å². The van der Waals surface area contributed by atoms with Gasteiger partial charge in [0.1, 0.15) is 0 Å². The summed E-state index contributed by atoms with van der Waals surface area (Å²) in [6.45, 7) is 0.554. The standard InChI is InChI=1S/C23H34N2O3S/c1-29-19-9-20(26)25(22(19)28)13-14-2-4-18(5-3-14)21(27)24-23-10-15-6-16(11-23)8-17(7-15)12-23/h14-19H,2-13H2,1H3,(H,24,27). The van der Waals surface area contributed by atoms with Gasteiger partial charge in [-0.05, 0) is 94.1 Å². The van der Waals surface area contributed by atoms with Crippen LogP contribution in [0.15, 0.2) is 0 Å². The Morgan fingerprint density at radius 3 is 2.14 bits per heavy atom. The van der Waals surface area contributed by atoms with Crippen molar-refractivity contribution in [3.05, 3.63) is 0 Å². The number of likely N-dealkylation sites (tertiary alicyclic amines) is 1. The minimum atomic E-state index is -0.190. The average Bonchev–Trinajstić information content (AvgIpc) is 2.94. The van der Waals surface area contributed by atoms with E-state index in [1.807, 2.05) is 6.26 Å². The van der Waals surface area contributed by atoms with E-state index in [2.05, 4.69) is 5.32 Å². The van der Waals surface area contributed by atoms with Crippen molar-refractivity contribution >= 4 is 29.5 Å². The van der Waals surface area contributed by atoms with Gasteiger partial charge in [-0.2, -0.15) is 11.8 Å². The number of carbonyl (C=O) groups excluding carboxylic acids is 3. The molecule has 1 aliphatic heterocycles. The normalized spacial score (nSPS) is 43.8. The van der Waals surface area contributed by atoms with Gasteiger partial charge in [-0.1, -0.05) is 0 Å². The lowest BCUT2D eigenvalue weighted by Gasteiger charge is -2.57. The largest absolute Gasteiger partial charge is 0.350 e. The number of hydrogen-bond donors (Lipinski definition) is 1. The van der Waals surface area contributed by atoms with Crippen LogP contribution < -0.4 is 5.32 Å². The van der Waals surface area contributed by atoms with E-state index >= 15 is 0 Å². The summed E-state index contributed by atoms with van der Waals surface area (Å²) in [5, 5.41) is 3.36. The zero-order valence-electron chi connectivity index (χ0n) is 17.5. The number of carbonyl (C=O) groups is 3. The minimum absolute atomic E-state index is 0.0100. The highest BCUT2D eigenvalue weighted by Crippen LogP contribution is 2.55. The molecule has 1 unspecified atom stereocenters. The molecule has 5 aliphatic carbocycles. The maximum absolute atomic E-state index is 13.1. The highest BCUT2D eigenvalue weighted by atomic mass is 32.2. The van der Waals surface area contributed by atoms with Gasteiger partial charge in [0.25, 0.3) is 0 Å². The van der Waals surface area contributed by atoms with Gasteiger partial charge in [-0.25, -0.2) is 0 Å². The molecule has 4 bridgehead atoms. The van der Waals surface area contributed by atoms with Crippen LogP contribution in [0.3, 0.4) is 0 Å². The van der Waals surface area contributed by atoms with E-state index in [0.717, 1.165) is 43.4 Å². The summed E-state index contributed by atoms with van der Waals surface area (Å²) < 4.78 is 0. The monoisotopic (exact) mass is 418 g/mol. The lowest BCUT2D eigenvalue weighted by atomic mass is 9.53. The van der Waals surface area contributed by atoms with Crippen molar-refractivity contribution in [2.45, 2.75) is 81.4 Å². The molecule has 5 saturated carbocycles. The van der Waals surface area contributed by atoms with E-state index in [4.69, 9.17) is 0 Å². The molecule has 29 heavy (non-hydrogen) atoms. The number of nitrogens with one attached hydrogen (secondary N) is 1. The van der Waals surface area contributed by atoms with Crippen LogP contribution in [0.4, 0.5) is 0 Å². The van der Waals surface area contributed by atoms with Gasteiger partial charge in [0.15, 0.2) is 0 Å². The molecule has 0 spiro atoms. The molecule has 1 N–H and O–H groups in total. The SMILES string of the molecule is CSC1CC(=O)N(CC2CCC(C(=O)NC34CC5CC(CC(C5)C3)C4)CC2)C1=O. The average molecular weight is 419 g/mol. The highest BCUT2D eigenvalue weighted by molar-refractivity contribution is 8.00. The molecule has 0 aromatic rings. The second-order valence-electron chi connectivity index (χ2n) is 10.7. The third-order valence-electron chi connectivity index (χ3n) is 8.57. The van der Waals surface area contributed by atoms with Crippen molar-refractivity contribution in [3.63, 3.8) is 0 Å². The zero-order valence-corrected chi connectivity index (χ0v) is 18.3. The topological polar surface area (TPSA) is 66.5 Å². The van der Waals surface area contributed by atoms with Gasteiger partial charge in [-0.15, -0.1) is 0 Å². The smallest absolute Gasteiger partial charge is 0.242 e. The van der Waals surface area contributed by atoms with Crippen LogP contribution in [-0.2, 0) is 14.4 Å². The van der Waals surface area contributed by atoms with Crippen molar-refractivity contribution < 1.29 is 14.4 Å². The molecule has 3 amide bonds. The van der Waals surface area contributed by atoms with Gasteiger partial charge in [-0.3, -0.25) is 19.3 Å². The molecule has 1 atom stereocenters. The van der Waals surface area contributed by atoms with Crippen molar-refractivity contribution in [1.82, 2.24) is 10.2 Å². The number of thioether (sulfide) groups is 1. The zero-order chi connectivity index (χ0) is 20.2. The first-order valence-electron chi connectivity index (χ1n) is 11.6. The van der Waals surface area contributed by atoms with E-state index in [-0.39, 0.29) is 34.4 Å². The fourth-order valence-corrected chi connectivity index (χ4v) is 8.16. The Labute approximate surface area is 178 Å². The van der Waals surface area contributed by atoms with Crippen molar-refractivity contribution in [2.24, 2.45) is 29.6 Å². The molecule has 6 heteroatoms. The Morgan fingerprint density at radius 2 is 1.62 bits per heavy atom. The highest BCUT2D eigenvalue weighted by Gasteiger charge is 2.52. The molecule has 6 aliphatic rings. The number of hydrogen-bond acceptors (Lipinski definition) is 4. The van der Waals surface area contributed by atoms with Crippen LogP contribution in [-0.4, -0.2) is 46.2 Å². The molecule has 0 radical (unpaired) electrons. The van der Waals surface area contributed by atoms with Crippen LogP contribution >= 0.6 is 11.8 Å². The summed E-state index contributed by atoms with van der Waals surface area (Å²) in [6, 6.07) is 0. The Bertz CT molecular complexity index is 665. The molecule has 0 aromatic heterocycles. The van der Waals surface area contributed by atoms with Gasteiger partial charge >= 0.3 is 0 Å². The predicted octanol–water partition coefficient (Wildman–Crippen LogP) is 3.37. The summed E-state index contributed by atoms with van der Waals surface area (Å²) in [6.07, 6.45) is 13.7. The Kier molecular flexibility index (Phi) is 5.20. The van der Waals surface area contributed by atoms with Crippen molar-refractivity contribution in [1.29, 1.82) is 0 Å². The molecule has 1 heterocycles. The Morgan fingerprint density at radius 1 is 1.03 bits per heavy atom. The number of amides is 3. The summed E-state index contributed by atoms with van der Waals surface area (Å²) in [5.41, 5.74) is 0.101. The predicted molar refractivity (Wildman–Crippen MR) is 113 cm³/mol. The summed E-state index contributed by atoms with van der Waals surface area (Å²) in [4.78, 5) is 39.1. The van der Waals surface area contributed by atoms with E-state index < -0.39 is 0 Å². The molecular formula is C23H34N2O3S. The Balaban J connectivity index is 1.13. The maximum atomic E-state index is 13.1. The second kappa shape index (κ2) is 7.58. The lowest BCUT2D eigenvalue weighted by molar-refractivity contribution is -0.140. The molecular weight excluding hydrogens is 384 g/mol. The molecule has 6 fully saturated rings. The maximum Gasteiger partial charge on any atom is 0.242 e. The molecule has 6 rings (SSSR count). The first kappa shape index (κ1) is 19.9. The first-order chi connectivity index (χ1) is 13.9. The van der Waals surface area contributed by atoms with Gasteiger partial charge in [0.05, 0.1) is 5.25 Å². The number of rotatable bonds is 5. The van der Waals surface area contributed by atoms with Crippen molar-refractivity contribution in [2.75, 3.05) is 12.8 Å². The Hall–Kier alpha value is -1.04. The molecule has 5 nitrogen and oxygen atoms in total. The van der Waals surface area contributed by atoms with E-state index in [1.165, 1.54) is 55.2 Å². The van der Waals surface area contributed by atoms with Crippen LogP contribution in [0.25, 0.3) is 0 Å². The number of nitrogens with zero attached hydrogens (tertiary/aromatic N) is 1. The first-order valence-corrected chi connectivity index (χ1v) is 12.9.